The topological polar surface area (TPSA) is 47.3 Å². The zero-order valence-electron chi connectivity index (χ0n) is 12.7. The van der Waals surface area contributed by atoms with Crippen LogP contribution in [0.1, 0.15) is 65.7 Å². The van der Waals surface area contributed by atoms with Gasteiger partial charge in [-0.25, -0.2) is 0 Å². The summed E-state index contributed by atoms with van der Waals surface area (Å²) in [5.74, 6) is 7.41. The molecule has 0 saturated heterocycles. The van der Waals surface area contributed by atoms with Crippen LogP contribution >= 0.6 is 0 Å². The van der Waals surface area contributed by atoms with E-state index in [1.165, 1.54) is 32.1 Å². The van der Waals surface area contributed by atoms with Crippen molar-refractivity contribution in [1.29, 1.82) is 0 Å². The van der Waals surface area contributed by atoms with Gasteiger partial charge >= 0.3 is 0 Å². The van der Waals surface area contributed by atoms with Gasteiger partial charge in [-0.15, -0.1) is 0 Å². The second-order valence-corrected chi connectivity index (χ2v) is 5.82. The zero-order chi connectivity index (χ0) is 13.6. The van der Waals surface area contributed by atoms with Gasteiger partial charge in [-0.1, -0.05) is 40.0 Å². The molecule has 3 unspecified atom stereocenters. The van der Waals surface area contributed by atoms with Crippen LogP contribution in [-0.2, 0) is 4.74 Å². The van der Waals surface area contributed by atoms with Crippen molar-refractivity contribution in [3.8, 4) is 0 Å². The van der Waals surface area contributed by atoms with E-state index in [0.29, 0.717) is 5.92 Å². The summed E-state index contributed by atoms with van der Waals surface area (Å²) in [6.07, 6.45) is 8.65. The van der Waals surface area contributed by atoms with Gasteiger partial charge in [0.25, 0.3) is 0 Å². The van der Waals surface area contributed by atoms with Crippen LogP contribution in [0.25, 0.3) is 0 Å². The van der Waals surface area contributed by atoms with Crippen LogP contribution in [0.2, 0.25) is 0 Å². The third kappa shape index (κ3) is 3.25. The maximum atomic E-state index is 5.87. The van der Waals surface area contributed by atoms with Gasteiger partial charge in [0.2, 0.25) is 0 Å². The van der Waals surface area contributed by atoms with E-state index in [-0.39, 0.29) is 11.6 Å². The number of ether oxygens (including phenoxy) is 1. The molecule has 0 aliphatic heterocycles. The van der Waals surface area contributed by atoms with E-state index in [1.807, 2.05) is 7.11 Å². The Morgan fingerprint density at radius 1 is 1.28 bits per heavy atom. The first kappa shape index (κ1) is 15.9. The molecule has 1 aliphatic carbocycles. The lowest BCUT2D eigenvalue weighted by atomic mass is 9.71. The van der Waals surface area contributed by atoms with Gasteiger partial charge in [0.05, 0.1) is 11.6 Å². The first-order valence-electron chi connectivity index (χ1n) is 7.68. The van der Waals surface area contributed by atoms with E-state index in [0.717, 1.165) is 18.8 Å². The van der Waals surface area contributed by atoms with Gasteiger partial charge in [0.15, 0.2) is 0 Å². The molecule has 0 aromatic carbocycles. The van der Waals surface area contributed by atoms with Gasteiger partial charge in [-0.05, 0) is 37.5 Å². The molecule has 3 atom stereocenters. The number of hydrazine groups is 1. The summed E-state index contributed by atoms with van der Waals surface area (Å²) in [7, 11) is 1.83. The minimum atomic E-state index is -0.102. The summed E-state index contributed by atoms with van der Waals surface area (Å²) in [6, 6.07) is 0.284. The van der Waals surface area contributed by atoms with Crippen molar-refractivity contribution < 1.29 is 4.74 Å². The molecule has 0 aromatic heterocycles. The van der Waals surface area contributed by atoms with E-state index in [9.17, 15) is 0 Å². The largest absolute Gasteiger partial charge is 0.377 e. The van der Waals surface area contributed by atoms with Crippen LogP contribution in [0.3, 0.4) is 0 Å². The van der Waals surface area contributed by atoms with E-state index in [1.54, 1.807) is 0 Å². The molecular formula is C15H32N2O. The van der Waals surface area contributed by atoms with Crippen molar-refractivity contribution in [2.75, 3.05) is 7.11 Å². The van der Waals surface area contributed by atoms with Crippen LogP contribution < -0.4 is 11.3 Å². The van der Waals surface area contributed by atoms with Crippen molar-refractivity contribution >= 4 is 0 Å². The molecule has 1 aliphatic rings. The average Bonchev–Trinajstić information content (AvgIpc) is 2.45. The SMILES string of the molecule is CCC1CCCC(C(NN)C(CC)(CC)OC)C1. The molecular weight excluding hydrogens is 224 g/mol. The molecule has 3 heteroatoms. The molecule has 1 rings (SSSR count). The van der Waals surface area contributed by atoms with Crippen LogP contribution in [0.4, 0.5) is 0 Å². The Kier molecular flexibility index (Phi) is 6.61. The number of methoxy groups -OCH3 is 1. The molecule has 0 spiro atoms. The Morgan fingerprint density at radius 3 is 2.39 bits per heavy atom. The highest BCUT2D eigenvalue weighted by molar-refractivity contribution is 4.96. The highest BCUT2D eigenvalue weighted by Gasteiger charge is 2.41. The quantitative estimate of drug-likeness (QED) is 0.543. The predicted molar refractivity (Wildman–Crippen MR) is 77.2 cm³/mol. The fraction of sp³-hybridized carbons (Fsp3) is 1.00. The third-order valence-electron chi connectivity index (χ3n) is 5.22. The lowest BCUT2D eigenvalue weighted by molar-refractivity contribution is -0.0697. The third-order valence-corrected chi connectivity index (χ3v) is 5.22. The normalized spacial score (nSPS) is 27.2. The summed E-state index contributed by atoms with van der Waals surface area (Å²) in [5, 5.41) is 0. The number of nitrogens with two attached hydrogens (primary N) is 1. The van der Waals surface area contributed by atoms with Crippen LogP contribution in [0, 0.1) is 11.8 Å². The molecule has 0 bridgehead atoms. The molecule has 108 valence electrons. The number of hydrogen-bond acceptors (Lipinski definition) is 3. The molecule has 18 heavy (non-hydrogen) atoms. The summed E-state index contributed by atoms with van der Waals surface area (Å²) in [5.41, 5.74) is 2.98. The minimum Gasteiger partial charge on any atom is -0.377 e. The minimum absolute atomic E-state index is 0.102. The lowest BCUT2D eigenvalue weighted by Crippen LogP contribution is -2.58. The Hall–Kier alpha value is -0.120. The summed E-state index contributed by atoms with van der Waals surface area (Å²) >= 11 is 0. The number of nitrogens with one attached hydrogen (secondary N) is 1. The smallest absolute Gasteiger partial charge is 0.0841 e. The molecule has 1 fully saturated rings. The summed E-state index contributed by atoms with van der Waals surface area (Å²) in [6.45, 7) is 6.72. The summed E-state index contributed by atoms with van der Waals surface area (Å²) < 4.78 is 5.87. The van der Waals surface area contributed by atoms with E-state index >= 15 is 0 Å². The average molecular weight is 256 g/mol. The van der Waals surface area contributed by atoms with E-state index in [2.05, 4.69) is 26.2 Å². The zero-order valence-corrected chi connectivity index (χ0v) is 12.7. The highest BCUT2D eigenvalue weighted by atomic mass is 16.5. The molecule has 0 heterocycles. The van der Waals surface area contributed by atoms with Crippen molar-refractivity contribution in [1.82, 2.24) is 5.43 Å². The fourth-order valence-electron chi connectivity index (χ4n) is 3.83. The maximum absolute atomic E-state index is 5.87. The Morgan fingerprint density at radius 2 is 1.94 bits per heavy atom. The maximum Gasteiger partial charge on any atom is 0.0841 e. The summed E-state index contributed by atoms with van der Waals surface area (Å²) in [4.78, 5) is 0. The second kappa shape index (κ2) is 7.46. The fourth-order valence-corrected chi connectivity index (χ4v) is 3.83. The Balaban J connectivity index is 2.80. The first-order valence-corrected chi connectivity index (χ1v) is 7.68. The van der Waals surface area contributed by atoms with Gasteiger partial charge < -0.3 is 4.74 Å². The number of hydrogen-bond donors (Lipinski definition) is 2. The molecule has 0 amide bonds. The van der Waals surface area contributed by atoms with Gasteiger partial charge in [0.1, 0.15) is 0 Å². The van der Waals surface area contributed by atoms with Crippen LogP contribution in [0.15, 0.2) is 0 Å². The highest BCUT2D eigenvalue weighted by Crippen LogP contribution is 2.38. The van der Waals surface area contributed by atoms with Crippen molar-refractivity contribution in [3.05, 3.63) is 0 Å². The van der Waals surface area contributed by atoms with Crippen molar-refractivity contribution in [3.63, 3.8) is 0 Å². The van der Waals surface area contributed by atoms with E-state index < -0.39 is 0 Å². The first-order chi connectivity index (χ1) is 8.67. The molecule has 0 radical (unpaired) electrons. The standard InChI is InChI=1S/C15H32N2O/c1-5-12-9-8-10-13(11-12)14(17-16)15(6-2,7-3)18-4/h12-14,17H,5-11,16H2,1-4H3. The van der Waals surface area contributed by atoms with Crippen molar-refractivity contribution in [2.24, 2.45) is 17.7 Å². The predicted octanol–water partition coefficient (Wildman–Crippen LogP) is 3.24. The monoisotopic (exact) mass is 256 g/mol. The van der Waals surface area contributed by atoms with Crippen LogP contribution in [0.5, 0.6) is 0 Å². The molecule has 3 N–H and O–H groups in total. The molecule has 3 nitrogen and oxygen atoms in total. The Bertz CT molecular complexity index is 220. The molecule has 1 saturated carbocycles. The second-order valence-electron chi connectivity index (χ2n) is 5.82. The Labute approximate surface area is 113 Å². The van der Waals surface area contributed by atoms with Crippen molar-refractivity contribution in [2.45, 2.75) is 77.4 Å². The lowest BCUT2D eigenvalue weighted by Gasteiger charge is -2.44. The van der Waals surface area contributed by atoms with Gasteiger partial charge in [-0.2, -0.15) is 0 Å². The van der Waals surface area contributed by atoms with Gasteiger partial charge in [-0.3, -0.25) is 11.3 Å². The van der Waals surface area contributed by atoms with E-state index in [4.69, 9.17) is 10.6 Å². The van der Waals surface area contributed by atoms with Crippen LogP contribution in [-0.4, -0.2) is 18.8 Å². The number of rotatable bonds is 7. The molecule has 0 aromatic rings. The van der Waals surface area contributed by atoms with Gasteiger partial charge in [0, 0.05) is 7.11 Å².